The quantitative estimate of drug-likeness (QED) is 0.407. The summed E-state index contributed by atoms with van der Waals surface area (Å²) in [6, 6.07) is 14.3. The van der Waals surface area contributed by atoms with Gasteiger partial charge in [-0.25, -0.2) is 9.97 Å². The van der Waals surface area contributed by atoms with Crippen molar-refractivity contribution in [3.63, 3.8) is 0 Å². The number of benzene rings is 1. The van der Waals surface area contributed by atoms with E-state index in [1.54, 1.807) is 23.2 Å². The molecule has 2 atom stereocenters. The predicted octanol–water partition coefficient (Wildman–Crippen LogP) is 3.90. The number of hydrogen-bond donors (Lipinski definition) is 2. The largest absolute Gasteiger partial charge is 0.477 e. The average molecular weight is 588 g/mol. The van der Waals surface area contributed by atoms with Crippen LogP contribution in [0.5, 0.6) is 5.88 Å². The number of anilines is 1. The Morgan fingerprint density at radius 2 is 2.07 bits per heavy atom. The van der Waals surface area contributed by atoms with Gasteiger partial charge in [0, 0.05) is 49.5 Å². The topological polar surface area (TPSA) is 123 Å². The minimum Gasteiger partial charge on any atom is -0.477 e. The fourth-order valence-corrected chi connectivity index (χ4v) is 5.71. The monoisotopic (exact) mass is 587 g/mol. The van der Waals surface area contributed by atoms with Crippen LogP contribution in [0.2, 0.25) is 5.02 Å². The fourth-order valence-electron chi connectivity index (χ4n) is 5.54. The van der Waals surface area contributed by atoms with Crippen LogP contribution in [0.4, 0.5) is 5.69 Å². The number of hydrogen-bond acceptors (Lipinski definition) is 8. The lowest BCUT2D eigenvalue weighted by Gasteiger charge is -2.43. The third-order valence-corrected chi connectivity index (χ3v) is 7.93. The number of carbonyl (C=O) groups is 2. The van der Waals surface area contributed by atoms with E-state index >= 15 is 0 Å². The smallest absolute Gasteiger partial charge is 0.272 e. The third-order valence-electron chi connectivity index (χ3n) is 7.70. The summed E-state index contributed by atoms with van der Waals surface area (Å²) in [5.74, 6) is 0.0150. The van der Waals surface area contributed by atoms with E-state index in [2.05, 4.69) is 33.5 Å². The van der Waals surface area contributed by atoms with Crippen LogP contribution in [-0.4, -0.2) is 78.1 Å². The first-order valence-corrected chi connectivity index (χ1v) is 14.7. The first-order chi connectivity index (χ1) is 20.4. The summed E-state index contributed by atoms with van der Waals surface area (Å²) in [6.07, 6.45) is 3.26. The Hall–Kier alpha value is -4.20. The summed E-state index contributed by atoms with van der Waals surface area (Å²) in [7, 11) is 0. The number of nitrogens with one attached hydrogen (secondary N) is 2. The predicted molar refractivity (Wildman–Crippen MR) is 161 cm³/mol. The first kappa shape index (κ1) is 29.3. The van der Waals surface area contributed by atoms with Crippen molar-refractivity contribution in [2.24, 2.45) is 0 Å². The van der Waals surface area contributed by atoms with Crippen LogP contribution in [0.25, 0.3) is 11.3 Å². The molecule has 5 rings (SSSR count). The fraction of sp³-hybridized carbons (Fsp3) is 0.387. The molecule has 1 aromatic carbocycles. The zero-order valence-electron chi connectivity index (χ0n) is 23.8. The van der Waals surface area contributed by atoms with Gasteiger partial charge in [-0.3, -0.25) is 9.59 Å². The molecule has 10 nitrogen and oxygen atoms in total. The second-order valence-electron chi connectivity index (χ2n) is 10.3. The molecule has 2 aromatic heterocycles. The SMILES string of the molecule is CCOc1ncccc1-c1ccc(N2CCN(C(=O)c3ccc(Cl)cc3C#N)C[C@H]2CC)c(C(=O)N[C@@H]2CCNC2)n1. The Morgan fingerprint density at radius 3 is 2.81 bits per heavy atom. The van der Waals surface area contributed by atoms with Crippen molar-refractivity contribution in [1.82, 2.24) is 25.5 Å². The number of rotatable bonds is 8. The van der Waals surface area contributed by atoms with Gasteiger partial charge in [0.1, 0.15) is 6.07 Å². The number of nitriles is 1. The van der Waals surface area contributed by atoms with Crippen molar-refractivity contribution in [2.75, 3.05) is 44.2 Å². The zero-order valence-corrected chi connectivity index (χ0v) is 24.5. The molecular weight excluding hydrogens is 554 g/mol. The van der Waals surface area contributed by atoms with Gasteiger partial charge in [-0.2, -0.15) is 5.26 Å². The van der Waals surface area contributed by atoms with Crippen molar-refractivity contribution < 1.29 is 14.3 Å². The van der Waals surface area contributed by atoms with Gasteiger partial charge in [0.15, 0.2) is 5.69 Å². The van der Waals surface area contributed by atoms with E-state index in [1.165, 1.54) is 6.07 Å². The minimum absolute atomic E-state index is 0.0262. The highest BCUT2D eigenvalue weighted by Crippen LogP contribution is 2.32. The molecule has 0 radical (unpaired) electrons. The van der Waals surface area contributed by atoms with Crippen molar-refractivity contribution in [2.45, 2.75) is 38.8 Å². The highest BCUT2D eigenvalue weighted by Gasteiger charge is 2.33. The molecule has 2 aliphatic heterocycles. The van der Waals surface area contributed by atoms with Crippen LogP contribution < -0.4 is 20.3 Å². The molecule has 0 spiro atoms. The normalized spacial score (nSPS) is 18.4. The molecule has 2 aliphatic rings. The van der Waals surface area contributed by atoms with E-state index < -0.39 is 0 Å². The Kier molecular flexibility index (Phi) is 9.20. The van der Waals surface area contributed by atoms with Gasteiger partial charge in [0.05, 0.1) is 34.7 Å². The number of halogens is 1. The standard InChI is InChI=1S/C31H34ClN7O3/c1-3-23-19-38(31(41)24-8-7-21(32)16-20(24)17-33)14-15-39(23)27-10-9-26(25-6-5-12-35-30(25)42-4-2)37-28(27)29(40)36-22-11-13-34-18-22/h5-10,12,16,22-23,34H,3-4,11,13-15,18-19H2,1-2H3,(H,36,40)/t22-,23-/m1/s1. The number of aromatic nitrogens is 2. The lowest BCUT2D eigenvalue weighted by atomic mass is 10.0. The Bertz CT molecular complexity index is 1500. The van der Waals surface area contributed by atoms with Gasteiger partial charge in [-0.05, 0) is 68.8 Å². The van der Waals surface area contributed by atoms with Crippen LogP contribution in [0.1, 0.15) is 53.1 Å². The molecule has 2 amide bonds. The van der Waals surface area contributed by atoms with Gasteiger partial charge in [-0.1, -0.05) is 18.5 Å². The van der Waals surface area contributed by atoms with E-state index in [0.29, 0.717) is 71.9 Å². The van der Waals surface area contributed by atoms with Crippen LogP contribution in [-0.2, 0) is 0 Å². The van der Waals surface area contributed by atoms with E-state index in [9.17, 15) is 14.9 Å². The van der Waals surface area contributed by atoms with Crippen LogP contribution >= 0.6 is 11.6 Å². The number of ether oxygens (including phenoxy) is 1. The molecule has 0 unspecified atom stereocenters. The van der Waals surface area contributed by atoms with Gasteiger partial charge in [-0.15, -0.1) is 0 Å². The second kappa shape index (κ2) is 13.2. The van der Waals surface area contributed by atoms with E-state index in [0.717, 1.165) is 19.4 Å². The maximum absolute atomic E-state index is 13.7. The number of amides is 2. The number of piperazine rings is 1. The van der Waals surface area contributed by atoms with E-state index in [4.69, 9.17) is 21.3 Å². The van der Waals surface area contributed by atoms with Crippen LogP contribution in [0, 0.1) is 11.3 Å². The molecule has 2 saturated heterocycles. The summed E-state index contributed by atoms with van der Waals surface area (Å²) >= 11 is 6.05. The van der Waals surface area contributed by atoms with Crippen LogP contribution in [0.3, 0.4) is 0 Å². The molecule has 0 aliphatic carbocycles. The Labute approximate surface area is 250 Å². The van der Waals surface area contributed by atoms with Gasteiger partial charge < -0.3 is 25.2 Å². The highest BCUT2D eigenvalue weighted by atomic mass is 35.5. The second-order valence-corrected chi connectivity index (χ2v) is 10.8. The summed E-state index contributed by atoms with van der Waals surface area (Å²) in [5, 5.41) is 16.4. The molecule has 0 bridgehead atoms. The number of pyridine rings is 2. The minimum atomic E-state index is -0.240. The van der Waals surface area contributed by atoms with Crippen LogP contribution in [0.15, 0.2) is 48.7 Å². The maximum atomic E-state index is 13.7. The summed E-state index contributed by atoms with van der Waals surface area (Å²) < 4.78 is 5.74. The average Bonchev–Trinajstić information content (AvgIpc) is 3.53. The molecular formula is C31H34ClN7O3. The molecule has 2 fully saturated rings. The number of nitrogens with zero attached hydrogens (tertiary/aromatic N) is 5. The molecule has 11 heteroatoms. The maximum Gasteiger partial charge on any atom is 0.272 e. The van der Waals surface area contributed by atoms with Gasteiger partial charge >= 0.3 is 0 Å². The summed E-state index contributed by atoms with van der Waals surface area (Å²) in [6.45, 7) is 7.35. The molecule has 42 heavy (non-hydrogen) atoms. The lowest BCUT2D eigenvalue weighted by molar-refractivity contribution is 0.0719. The first-order valence-electron chi connectivity index (χ1n) is 14.3. The lowest BCUT2D eigenvalue weighted by Crippen LogP contribution is -2.55. The molecule has 0 saturated carbocycles. The summed E-state index contributed by atoms with van der Waals surface area (Å²) in [4.78, 5) is 40.4. The Balaban J connectivity index is 1.46. The summed E-state index contributed by atoms with van der Waals surface area (Å²) in [5.41, 5.74) is 2.94. The van der Waals surface area contributed by atoms with Gasteiger partial charge in [0.25, 0.3) is 11.8 Å². The molecule has 2 N–H and O–H groups in total. The van der Waals surface area contributed by atoms with Crippen molar-refractivity contribution in [3.8, 4) is 23.2 Å². The molecule has 4 heterocycles. The molecule has 218 valence electrons. The van der Waals surface area contributed by atoms with E-state index in [-0.39, 0.29) is 29.5 Å². The van der Waals surface area contributed by atoms with E-state index in [1.807, 2.05) is 31.2 Å². The molecule has 3 aromatic rings. The third kappa shape index (κ3) is 6.17. The zero-order chi connectivity index (χ0) is 29.6. The van der Waals surface area contributed by atoms with Crippen molar-refractivity contribution in [1.29, 1.82) is 5.26 Å². The van der Waals surface area contributed by atoms with Crippen molar-refractivity contribution >= 4 is 29.1 Å². The van der Waals surface area contributed by atoms with Gasteiger partial charge in [0.2, 0.25) is 5.88 Å². The van der Waals surface area contributed by atoms with Crippen molar-refractivity contribution in [3.05, 3.63) is 70.5 Å². The number of carbonyl (C=O) groups excluding carboxylic acids is 2. The Morgan fingerprint density at radius 1 is 1.21 bits per heavy atom. The highest BCUT2D eigenvalue weighted by molar-refractivity contribution is 6.30.